The van der Waals surface area contributed by atoms with Crippen molar-refractivity contribution in [3.05, 3.63) is 57.8 Å². The third kappa shape index (κ3) is 3.13. The van der Waals surface area contributed by atoms with Crippen LogP contribution in [0, 0.1) is 0 Å². The summed E-state index contributed by atoms with van der Waals surface area (Å²) in [6.45, 7) is 2.46. The van der Waals surface area contributed by atoms with Crippen molar-refractivity contribution in [2.75, 3.05) is 20.1 Å². The quantitative estimate of drug-likeness (QED) is 0.818. The Balaban J connectivity index is 1.62. The monoisotopic (exact) mass is 344 g/mol. The molecule has 5 nitrogen and oxygen atoms in total. The summed E-state index contributed by atoms with van der Waals surface area (Å²) < 4.78 is 0. The van der Waals surface area contributed by atoms with Crippen LogP contribution in [0.25, 0.3) is 0 Å². The molecule has 0 fully saturated rings. The van der Waals surface area contributed by atoms with Gasteiger partial charge < -0.3 is 5.11 Å². The van der Waals surface area contributed by atoms with Crippen LogP contribution in [0.1, 0.15) is 38.6 Å². The molecule has 0 bridgehead atoms. The molecule has 0 spiro atoms. The molecule has 2 aromatic rings. The van der Waals surface area contributed by atoms with Crippen LogP contribution in [0.3, 0.4) is 0 Å². The van der Waals surface area contributed by atoms with Crippen LogP contribution < -0.4 is 0 Å². The average Bonchev–Trinajstić information content (AvgIpc) is 3.18. The number of β-amino-alcohol motifs (C(OH)–C–C–N with tert-alkyl or cyclic N) is 1. The SMILES string of the molecule is C[C@@H](c1cccs1)N(C)C[C@H](O)CN1C(=O)c2ccccc2C1=O. The van der Waals surface area contributed by atoms with Crippen LogP contribution in [0.15, 0.2) is 41.8 Å². The number of thiophene rings is 1. The number of benzene rings is 1. The highest BCUT2D eigenvalue weighted by molar-refractivity contribution is 7.10. The van der Waals surface area contributed by atoms with Gasteiger partial charge in [0.15, 0.2) is 0 Å². The maximum atomic E-state index is 12.3. The number of aliphatic hydroxyl groups is 1. The van der Waals surface area contributed by atoms with Gasteiger partial charge in [-0.15, -0.1) is 11.3 Å². The molecule has 3 rings (SSSR count). The minimum absolute atomic E-state index is 0.00778. The molecule has 0 saturated heterocycles. The number of hydrogen-bond acceptors (Lipinski definition) is 5. The number of aliphatic hydroxyl groups excluding tert-OH is 1. The second-order valence-electron chi connectivity index (χ2n) is 6.05. The van der Waals surface area contributed by atoms with Crippen molar-refractivity contribution in [1.82, 2.24) is 9.80 Å². The molecule has 1 aliphatic heterocycles. The Hall–Kier alpha value is -2.02. The average molecular weight is 344 g/mol. The predicted octanol–water partition coefficient (Wildman–Crippen LogP) is 2.40. The standard InChI is InChI=1S/C18H20N2O3S/c1-12(16-8-5-9-24-16)19(2)10-13(21)11-20-17(22)14-6-3-4-7-15(14)18(20)23/h3-9,12-13,21H,10-11H2,1-2H3/t12-,13-/m0/s1. The molecule has 0 unspecified atom stereocenters. The molecule has 126 valence electrons. The summed E-state index contributed by atoms with van der Waals surface area (Å²) in [5.74, 6) is -0.660. The van der Waals surface area contributed by atoms with Gasteiger partial charge in [-0.1, -0.05) is 18.2 Å². The van der Waals surface area contributed by atoms with E-state index in [0.717, 1.165) is 4.90 Å². The highest BCUT2D eigenvalue weighted by Gasteiger charge is 2.36. The number of likely N-dealkylation sites (N-methyl/N-ethyl adjacent to an activating group) is 1. The Morgan fingerprint density at radius 2 is 1.75 bits per heavy atom. The van der Waals surface area contributed by atoms with E-state index in [9.17, 15) is 14.7 Å². The first kappa shape index (κ1) is 16.8. The van der Waals surface area contributed by atoms with Crippen LogP contribution in [0.4, 0.5) is 0 Å². The summed E-state index contributed by atoms with van der Waals surface area (Å²) in [6.07, 6.45) is -0.792. The fourth-order valence-corrected chi connectivity index (χ4v) is 3.76. The Bertz CT molecular complexity index is 709. The number of hydrogen-bond donors (Lipinski definition) is 1. The fraction of sp³-hybridized carbons (Fsp3) is 0.333. The zero-order chi connectivity index (χ0) is 17.3. The van der Waals surface area contributed by atoms with E-state index in [0.29, 0.717) is 17.7 Å². The fourth-order valence-electron chi connectivity index (χ4n) is 2.91. The number of imide groups is 1. The van der Waals surface area contributed by atoms with Crippen LogP contribution in [-0.2, 0) is 0 Å². The topological polar surface area (TPSA) is 60.9 Å². The van der Waals surface area contributed by atoms with E-state index in [1.807, 2.05) is 23.4 Å². The molecule has 0 saturated carbocycles. The first-order valence-electron chi connectivity index (χ1n) is 7.86. The molecule has 6 heteroatoms. The summed E-state index contributed by atoms with van der Waals surface area (Å²) in [5.41, 5.74) is 0.824. The smallest absolute Gasteiger partial charge is 0.261 e. The lowest BCUT2D eigenvalue weighted by atomic mass is 10.1. The first-order chi connectivity index (χ1) is 11.5. The normalized spacial score (nSPS) is 16.6. The van der Waals surface area contributed by atoms with Crippen LogP contribution >= 0.6 is 11.3 Å². The molecule has 1 aliphatic rings. The minimum Gasteiger partial charge on any atom is -0.390 e. The van der Waals surface area contributed by atoms with E-state index >= 15 is 0 Å². The second-order valence-corrected chi connectivity index (χ2v) is 7.03. The lowest BCUT2D eigenvalue weighted by Crippen LogP contribution is -2.42. The van der Waals surface area contributed by atoms with Crippen LogP contribution in [-0.4, -0.2) is 53.0 Å². The zero-order valence-corrected chi connectivity index (χ0v) is 14.5. The second kappa shape index (κ2) is 6.84. The third-order valence-corrected chi connectivity index (χ3v) is 5.43. The van der Waals surface area contributed by atoms with Crippen molar-refractivity contribution in [3.8, 4) is 0 Å². The van der Waals surface area contributed by atoms with Gasteiger partial charge >= 0.3 is 0 Å². The number of fused-ring (bicyclic) bond motifs is 1. The summed E-state index contributed by atoms with van der Waals surface area (Å²) in [5, 5.41) is 12.4. The number of rotatable bonds is 6. The van der Waals surface area contributed by atoms with E-state index in [1.54, 1.807) is 35.6 Å². The summed E-state index contributed by atoms with van der Waals surface area (Å²) in [7, 11) is 1.93. The van der Waals surface area contributed by atoms with E-state index < -0.39 is 6.10 Å². The minimum atomic E-state index is -0.792. The molecule has 0 radical (unpaired) electrons. The molecular formula is C18H20N2O3S. The van der Waals surface area contributed by atoms with Gasteiger partial charge in [0.25, 0.3) is 11.8 Å². The molecule has 24 heavy (non-hydrogen) atoms. The third-order valence-electron chi connectivity index (χ3n) is 4.39. The predicted molar refractivity (Wildman–Crippen MR) is 93.2 cm³/mol. The number of carbonyl (C=O) groups excluding carboxylic acids is 2. The van der Waals surface area contributed by atoms with E-state index in [1.165, 1.54) is 4.88 Å². The lowest BCUT2D eigenvalue weighted by Gasteiger charge is -2.27. The van der Waals surface area contributed by atoms with Gasteiger partial charge in [0.2, 0.25) is 0 Å². The van der Waals surface area contributed by atoms with Crippen molar-refractivity contribution < 1.29 is 14.7 Å². The Morgan fingerprint density at radius 1 is 1.12 bits per heavy atom. The molecular weight excluding hydrogens is 324 g/mol. The van der Waals surface area contributed by atoms with E-state index in [2.05, 4.69) is 13.0 Å². The summed E-state index contributed by atoms with van der Waals surface area (Å²) in [6, 6.07) is 11.0. The van der Waals surface area contributed by atoms with Crippen molar-refractivity contribution in [2.24, 2.45) is 0 Å². The number of carbonyl (C=O) groups is 2. The van der Waals surface area contributed by atoms with Gasteiger partial charge in [0.05, 0.1) is 23.8 Å². The molecule has 2 atom stereocenters. The molecule has 1 aromatic heterocycles. The van der Waals surface area contributed by atoms with Gasteiger partial charge in [-0.25, -0.2) is 0 Å². The van der Waals surface area contributed by atoms with Gasteiger partial charge in [-0.05, 0) is 37.6 Å². The maximum absolute atomic E-state index is 12.3. The van der Waals surface area contributed by atoms with Gasteiger partial charge in [0.1, 0.15) is 0 Å². The molecule has 2 heterocycles. The van der Waals surface area contributed by atoms with Crippen molar-refractivity contribution in [2.45, 2.75) is 19.1 Å². The van der Waals surface area contributed by atoms with Crippen molar-refractivity contribution in [1.29, 1.82) is 0 Å². The molecule has 0 aliphatic carbocycles. The summed E-state index contributed by atoms with van der Waals surface area (Å²) >= 11 is 1.67. The lowest BCUT2D eigenvalue weighted by molar-refractivity contribution is 0.0467. The van der Waals surface area contributed by atoms with E-state index in [4.69, 9.17) is 0 Å². The molecule has 1 N–H and O–H groups in total. The van der Waals surface area contributed by atoms with Gasteiger partial charge in [-0.2, -0.15) is 0 Å². The zero-order valence-electron chi connectivity index (χ0n) is 13.7. The van der Waals surface area contributed by atoms with Crippen LogP contribution in [0.5, 0.6) is 0 Å². The highest BCUT2D eigenvalue weighted by Crippen LogP contribution is 2.25. The first-order valence-corrected chi connectivity index (χ1v) is 8.74. The Morgan fingerprint density at radius 3 is 2.29 bits per heavy atom. The molecule has 2 amide bonds. The highest BCUT2D eigenvalue weighted by atomic mass is 32.1. The number of amides is 2. The van der Waals surface area contributed by atoms with Crippen molar-refractivity contribution >= 4 is 23.2 Å². The number of nitrogens with zero attached hydrogens (tertiary/aromatic N) is 2. The van der Waals surface area contributed by atoms with Crippen LogP contribution in [0.2, 0.25) is 0 Å². The van der Waals surface area contributed by atoms with Gasteiger partial charge in [-0.3, -0.25) is 19.4 Å². The molecule has 1 aromatic carbocycles. The largest absolute Gasteiger partial charge is 0.390 e. The Kier molecular flexibility index (Phi) is 4.80. The summed E-state index contributed by atoms with van der Waals surface area (Å²) in [4.78, 5) is 29.0. The Labute approximate surface area is 145 Å². The maximum Gasteiger partial charge on any atom is 0.261 e. The van der Waals surface area contributed by atoms with E-state index in [-0.39, 0.29) is 24.4 Å². The van der Waals surface area contributed by atoms with Crippen molar-refractivity contribution in [3.63, 3.8) is 0 Å². The van der Waals surface area contributed by atoms with Gasteiger partial charge in [0, 0.05) is 17.5 Å².